The normalized spacial score (nSPS) is 18.4. The predicted octanol–water partition coefficient (Wildman–Crippen LogP) is 2.99. The van der Waals surface area contributed by atoms with Crippen LogP contribution in [0, 0.1) is 5.92 Å². The van der Waals surface area contributed by atoms with Crippen molar-refractivity contribution in [2.45, 2.75) is 47.0 Å². The average Bonchev–Trinajstić information content (AvgIpc) is 2.31. The predicted molar refractivity (Wildman–Crippen MR) is 71.5 cm³/mol. The van der Waals surface area contributed by atoms with Crippen LogP contribution >= 0.6 is 0 Å². The highest BCUT2D eigenvalue weighted by Gasteiger charge is 2.17. The van der Waals surface area contributed by atoms with E-state index in [0.29, 0.717) is 0 Å². The van der Waals surface area contributed by atoms with Gasteiger partial charge in [0.1, 0.15) is 0 Å². The Morgan fingerprint density at radius 1 is 1.20 bits per heavy atom. The highest BCUT2D eigenvalue weighted by molar-refractivity contribution is 4.73. The molecule has 1 N–H and O–H groups in total. The van der Waals surface area contributed by atoms with Crippen molar-refractivity contribution in [1.82, 2.24) is 10.2 Å². The van der Waals surface area contributed by atoms with Gasteiger partial charge in [0, 0.05) is 1.43 Å². The SMILES string of the molecule is CC.CCCN1CCC(CNCC)CC1.[HH]. The maximum absolute atomic E-state index is 3.45. The quantitative estimate of drug-likeness (QED) is 0.760. The zero-order valence-corrected chi connectivity index (χ0v) is 11.2. The summed E-state index contributed by atoms with van der Waals surface area (Å²) in [5, 5.41) is 3.45. The van der Waals surface area contributed by atoms with E-state index in [-0.39, 0.29) is 1.43 Å². The molecule has 0 saturated carbocycles. The summed E-state index contributed by atoms with van der Waals surface area (Å²) >= 11 is 0. The van der Waals surface area contributed by atoms with E-state index in [1.54, 1.807) is 0 Å². The Bertz CT molecular complexity index is 123. The van der Waals surface area contributed by atoms with Crippen LogP contribution in [0.5, 0.6) is 0 Å². The van der Waals surface area contributed by atoms with Crippen molar-refractivity contribution < 1.29 is 1.43 Å². The maximum atomic E-state index is 3.45. The van der Waals surface area contributed by atoms with Gasteiger partial charge in [0.25, 0.3) is 0 Å². The van der Waals surface area contributed by atoms with Crippen LogP contribution in [-0.4, -0.2) is 37.6 Å². The Balaban J connectivity index is 0. The number of rotatable bonds is 5. The van der Waals surface area contributed by atoms with E-state index in [2.05, 4.69) is 24.1 Å². The van der Waals surface area contributed by atoms with Crippen LogP contribution in [0.1, 0.15) is 48.4 Å². The molecule has 1 heterocycles. The molecule has 0 spiro atoms. The van der Waals surface area contributed by atoms with Crippen molar-refractivity contribution >= 4 is 0 Å². The minimum absolute atomic E-state index is 0. The smallest absolute Gasteiger partial charge is 0 e. The van der Waals surface area contributed by atoms with E-state index in [9.17, 15) is 0 Å². The van der Waals surface area contributed by atoms with Crippen LogP contribution in [-0.2, 0) is 0 Å². The second-order valence-electron chi connectivity index (χ2n) is 4.09. The lowest BCUT2D eigenvalue weighted by atomic mass is 9.97. The molecule has 0 aliphatic carbocycles. The first kappa shape index (κ1) is 14.9. The summed E-state index contributed by atoms with van der Waals surface area (Å²) in [6.45, 7) is 14.8. The number of hydrogen-bond acceptors (Lipinski definition) is 2. The Kier molecular flexibility index (Phi) is 10.4. The molecule has 0 aromatic rings. The van der Waals surface area contributed by atoms with Crippen molar-refractivity contribution in [1.29, 1.82) is 0 Å². The number of nitrogens with one attached hydrogen (secondary N) is 1. The summed E-state index contributed by atoms with van der Waals surface area (Å²) in [5.41, 5.74) is 0. The standard InChI is InChI=1S/C11H24N2.C2H6.H2/c1-3-7-13-8-5-11(6-9-13)10-12-4-2;1-2;/h11-12H,3-10H2,1-2H3;1-2H3;1H. The minimum Gasteiger partial charge on any atom is -0.317 e. The molecule has 0 bridgehead atoms. The lowest BCUT2D eigenvalue weighted by Crippen LogP contribution is -2.37. The molecule has 0 atom stereocenters. The summed E-state index contributed by atoms with van der Waals surface area (Å²) in [5.74, 6) is 0.938. The van der Waals surface area contributed by atoms with E-state index >= 15 is 0 Å². The summed E-state index contributed by atoms with van der Waals surface area (Å²) in [7, 11) is 0. The number of nitrogens with zero attached hydrogens (tertiary/aromatic N) is 1. The van der Waals surface area contributed by atoms with Gasteiger partial charge in [0.2, 0.25) is 0 Å². The molecule has 0 unspecified atom stereocenters. The van der Waals surface area contributed by atoms with Crippen LogP contribution in [0.4, 0.5) is 0 Å². The first-order chi connectivity index (χ1) is 7.36. The van der Waals surface area contributed by atoms with E-state index in [1.807, 2.05) is 13.8 Å². The molecule has 1 fully saturated rings. The molecule has 1 aliphatic rings. The molecular weight excluding hydrogens is 184 g/mol. The summed E-state index contributed by atoms with van der Waals surface area (Å²) in [6, 6.07) is 0. The van der Waals surface area contributed by atoms with Crippen molar-refractivity contribution in [2.24, 2.45) is 5.92 Å². The molecule has 0 radical (unpaired) electrons. The molecule has 0 aromatic carbocycles. The van der Waals surface area contributed by atoms with E-state index in [4.69, 9.17) is 0 Å². The van der Waals surface area contributed by atoms with E-state index in [0.717, 1.165) is 12.5 Å². The second kappa shape index (κ2) is 10.4. The van der Waals surface area contributed by atoms with Crippen LogP contribution in [0.2, 0.25) is 0 Å². The highest BCUT2D eigenvalue weighted by Crippen LogP contribution is 2.16. The second-order valence-corrected chi connectivity index (χ2v) is 4.09. The van der Waals surface area contributed by atoms with Crippen LogP contribution in [0.3, 0.4) is 0 Å². The lowest BCUT2D eigenvalue weighted by molar-refractivity contribution is 0.183. The fourth-order valence-corrected chi connectivity index (χ4v) is 2.08. The molecule has 15 heavy (non-hydrogen) atoms. The molecule has 1 aliphatic heterocycles. The zero-order chi connectivity index (χ0) is 11.5. The first-order valence-corrected chi connectivity index (χ1v) is 6.79. The van der Waals surface area contributed by atoms with Crippen LogP contribution in [0.15, 0.2) is 0 Å². The van der Waals surface area contributed by atoms with Crippen molar-refractivity contribution in [2.75, 3.05) is 32.7 Å². The highest BCUT2D eigenvalue weighted by atomic mass is 15.1. The van der Waals surface area contributed by atoms with Crippen LogP contribution < -0.4 is 5.32 Å². The largest absolute Gasteiger partial charge is 0.317 e. The summed E-state index contributed by atoms with van der Waals surface area (Å²) in [4.78, 5) is 2.60. The summed E-state index contributed by atoms with van der Waals surface area (Å²) in [6.07, 6.45) is 4.10. The lowest BCUT2D eigenvalue weighted by Gasteiger charge is -2.31. The van der Waals surface area contributed by atoms with E-state index in [1.165, 1.54) is 45.4 Å². The van der Waals surface area contributed by atoms with Gasteiger partial charge in [-0.1, -0.05) is 27.7 Å². The van der Waals surface area contributed by atoms with Gasteiger partial charge in [0.05, 0.1) is 0 Å². The van der Waals surface area contributed by atoms with Gasteiger partial charge in [0.15, 0.2) is 0 Å². The molecule has 0 amide bonds. The third-order valence-corrected chi connectivity index (χ3v) is 2.93. The first-order valence-electron chi connectivity index (χ1n) is 6.79. The number of hydrogen-bond donors (Lipinski definition) is 1. The van der Waals surface area contributed by atoms with Crippen molar-refractivity contribution in [3.05, 3.63) is 0 Å². The maximum Gasteiger partial charge on any atom is 0 e. The third kappa shape index (κ3) is 6.91. The molecule has 94 valence electrons. The fraction of sp³-hybridized carbons (Fsp3) is 1.00. The molecule has 0 aromatic heterocycles. The topological polar surface area (TPSA) is 15.3 Å². The molecule has 2 nitrogen and oxygen atoms in total. The Morgan fingerprint density at radius 2 is 1.80 bits per heavy atom. The average molecular weight is 216 g/mol. The minimum atomic E-state index is 0. The molecule has 1 saturated heterocycles. The molecule has 2 heteroatoms. The Morgan fingerprint density at radius 3 is 2.27 bits per heavy atom. The van der Waals surface area contributed by atoms with E-state index < -0.39 is 0 Å². The van der Waals surface area contributed by atoms with Gasteiger partial charge in [-0.05, 0) is 57.9 Å². The summed E-state index contributed by atoms with van der Waals surface area (Å²) < 4.78 is 0. The number of likely N-dealkylation sites (tertiary alicyclic amines) is 1. The van der Waals surface area contributed by atoms with Gasteiger partial charge >= 0.3 is 0 Å². The Labute approximate surface area is 97.9 Å². The fourth-order valence-electron chi connectivity index (χ4n) is 2.08. The molecule has 1 rings (SSSR count). The Hall–Kier alpha value is -0.0800. The number of piperidine rings is 1. The van der Waals surface area contributed by atoms with Crippen molar-refractivity contribution in [3.63, 3.8) is 0 Å². The van der Waals surface area contributed by atoms with Gasteiger partial charge in [-0.3, -0.25) is 0 Å². The van der Waals surface area contributed by atoms with Gasteiger partial charge in [-0.25, -0.2) is 0 Å². The van der Waals surface area contributed by atoms with Crippen molar-refractivity contribution in [3.8, 4) is 0 Å². The third-order valence-electron chi connectivity index (χ3n) is 2.93. The van der Waals surface area contributed by atoms with Gasteiger partial charge in [-0.2, -0.15) is 0 Å². The van der Waals surface area contributed by atoms with Crippen LogP contribution in [0.25, 0.3) is 0 Å². The van der Waals surface area contributed by atoms with Gasteiger partial charge in [-0.15, -0.1) is 0 Å². The zero-order valence-electron chi connectivity index (χ0n) is 11.2. The monoisotopic (exact) mass is 216 g/mol. The molecular formula is C13H32N2. The van der Waals surface area contributed by atoms with Gasteiger partial charge < -0.3 is 10.2 Å².